The monoisotopic (exact) mass is 260 g/mol. The number of likely N-dealkylation sites (tertiary alicyclic amines) is 1. The first kappa shape index (κ1) is 12.8. The highest BCUT2D eigenvalue weighted by Gasteiger charge is 2.35. The van der Waals surface area contributed by atoms with Gasteiger partial charge >= 0.3 is 0 Å². The van der Waals surface area contributed by atoms with Crippen LogP contribution in [0.25, 0.3) is 0 Å². The molecule has 0 aromatic rings. The number of rotatable bonds is 4. The molecule has 0 radical (unpaired) electrons. The Hall–Kier alpha value is -0.620. The van der Waals surface area contributed by atoms with E-state index in [0.717, 1.165) is 25.7 Å². The van der Waals surface area contributed by atoms with Crippen LogP contribution in [0.1, 0.15) is 32.6 Å². The van der Waals surface area contributed by atoms with Gasteiger partial charge in [0.15, 0.2) is 0 Å². The van der Waals surface area contributed by atoms with E-state index in [9.17, 15) is 13.2 Å². The Balaban J connectivity index is 1.79. The summed E-state index contributed by atoms with van der Waals surface area (Å²) in [5.41, 5.74) is 0. The van der Waals surface area contributed by atoms with Crippen LogP contribution < -0.4 is 4.72 Å². The fourth-order valence-electron chi connectivity index (χ4n) is 2.14. The molecule has 0 bridgehead atoms. The van der Waals surface area contributed by atoms with Crippen LogP contribution in [0, 0.1) is 5.92 Å². The number of nitrogens with zero attached hydrogens (tertiary/aromatic N) is 1. The minimum absolute atomic E-state index is 0.00297. The second kappa shape index (κ2) is 4.94. The summed E-state index contributed by atoms with van der Waals surface area (Å²) in [6, 6.07) is 0.00297. The fourth-order valence-corrected chi connectivity index (χ4v) is 3.05. The molecular weight excluding hydrogens is 240 g/mol. The summed E-state index contributed by atoms with van der Waals surface area (Å²) in [4.78, 5) is 13.7. The van der Waals surface area contributed by atoms with Crippen molar-refractivity contribution >= 4 is 15.9 Å². The molecule has 1 amide bonds. The number of amides is 1. The van der Waals surface area contributed by atoms with Gasteiger partial charge in [0, 0.05) is 25.0 Å². The largest absolute Gasteiger partial charge is 0.342 e. The zero-order valence-corrected chi connectivity index (χ0v) is 11.0. The maximum Gasteiger partial charge on any atom is 0.225 e. The molecular formula is C11H20N2O3S. The van der Waals surface area contributed by atoms with Crippen molar-refractivity contribution in [1.29, 1.82) is 0 Å². The van der Waals surface area contributed by atoms with Gasteiger partial charge in [-0.1, -0.05) is 0 Å². The number of carbonyl (C=O) groups is 1. The predicted octanol–water partition coefficient (Wildman–Crippen LogP) is 0.327. The van der Waals surface area contributed by atoms with Crippen molar-refractivity contribution in [3.63, 3.8) is 0 Å². The van der Waals surface area contributed by atoms with Gasteiger partial charge in [-0.15, -0.1) is 0 Å². The Morgan fingerprint density at radius 1 is 1.24 bits per heavy atom. The van der Waals surface area contributed by atoms with Crippen LogP contribution in [0.5, 0.6) is 0 Å². The molecule has 0 spiro atoms. The molecule has 17 heavy (non-hydrogen) atoms. The van der Waals surface area contributed by atoms with Gasteiger partial charge in [0.2, 0.25) is 15.9 Å². The SMILES string of the molecule is CCS(=O)(=O)NC1CCN(C(=O)C2CC2)CC1. The average molecular weight is 260 g/mol. The van der Waals surface area contributed by atoms with Crippen molar-refractivity contribution in [2.75, 3.05) is 18.8 Å². The van der Waals surface area contributed by atoms with E-state index < -0.39 is 10.0 Å². The van der Waals surface area contributed by atoms with Crippen LogP contribution in [0.4, 0.5) is 0 Å². The van der Waals surface area contributed by atoms with Gasteiger partial charge in [-0.2, -0.15) is 0 Å². The van der Waals surface area contributed by atoms with E-state index in [-0.39, 0.29) is 23.6 Å². The van der Waals surface area contributed by atoms with E-state index in [1.54, 1.807) is 6.92 Å². The zero-order chi connectivity index (χ0) is 12.5. The summed E-state index contributed by atoms with van der Waals surface area (Å²) in [6.07, 6.45) is 3.53. The summed E-state index contributed by atoms with van der Waals surface area (Å²) >= 11 is 0. The Bertz CT molecular complexity index is 382. The third-order valence-corrected chi connectivity index (χ3v) is 4.91. The molecule has 6 heteroatoms. The molecule has 5 nitrogen and oxygen atoms in total. The van der Waals surface area contributed by atoms with Crippen LogP contribution in [-0.2, 0) is 14.8 Å². The lowest BCUT2D eigenvalue weighted by molar-refractivity contribution is -0.133. The Morgan fingerprint density at radius 2 is 1.82 bits per heavy atom. The first-order chi connectivity index (χ1) is 8.02. The smallest absolute Gasteiger partial charge is 0.225 e. The Morgan fingerprint density at radius 3 is 2.29 bits per heavy atom. The van der Waals surface area contributed by atoms with E-state index >= 15 is 0 Å². The number of sulfonamides is 1. The zero-order valence-electron chi connectivity index (χ0n) is 10.2. The van der Waals surface area contributed by atoms with E-state index in [1.807, 2.05) is 4.90 Å². The molecule has 2 aliphatic rings. The molecule has 1 aliphatic heterocycles. The van der Waals surface area contributed by atoms with Crippen LogP contribution in [-0.4, -0.2) is 44.1 Å². The maximum absolute atomic E-state index is 11.8. The third-order valence-electron chi connectivity index (χ3n) is 3.46. The lowest BCUT2D eigenvalue weighted by atomic mass is 10.1. The molecule has 98 valence electrons. The number of carbonyl (C=O) groups excluding carboxylic acids is 1. The second-order valence-corrected chi connectivity index (χ2v) is 6.94. The van der Waals surface area contributed by atoms with Crippen molar-refractivity contribution in [2.45, 2.75) is 38.6 Å². The Labute approximate surface area is 103 Å². The molecule has 0 aromatic carbocycles. The molecule has 0 unspecified atom stereocenters. The van der Waals surface area contributed by atoms with Crippen molar-refractivity contribution in [3.8, 4) is 0 Å². The molecule has 2 fully saturated rings. The highest BCUT2D eigenvalue weighted by Crippen LogP contribution is 2.31. The predicted molar refractivity (Wildman–Crippen MR) is 64.9 cm³/mol. The molecule has 0 atom stereocenters. The fraction of sp³-hybridized carbons (Fsp3) is 0.909. The van der Waals surface area contributed by atoms with Crippen LogP contribution >= 0.6 is 0 Å². The summed E-state index contributed by atoms with van der Waals surface area (Å²) in [5.74, 6) is 0.648. The van der Waals surface area contributed by atoms with E-state index in [4.69, 9.17) is 0 Å². The van der Waals surface area contributed by atoms with Crippen LogP contribution in [0.15, 0.2) is 0 Å². The Kier molecular flexibility index (Phi) is 3.73. The number of nitrogens with one attached hydrogen (secondary N) is 1. The van der Waals surface area contributed by atoms with Gasteiger partial charge in [0.1, 0.15) is 0 Å². The first-order valence-electron chi connectivity index (χ1n) is 6.30. The average Bonchev–Trinajstić information content (AvgIpc) is 3.13. The van der Waals surface area contributed by atoms with Gasteiger partial charge in [-0.3, -0.25) is 4.79 Å². The van der Waals surface area contributed by atoms with Gasteiger partial charge in [-0.25, -0.2) is 13.1 Å². The summed E-state index contributed by atoms with van der Waals surface area (Å²) < 4.78 is 25.5. The molecule has 2 rings (SSSR count). The molecule has 1 saturated carbocycles. The highest BCUT2D eigenvalue weighted by molar-refractivity contribution is 7.89. The van der Waals surface area contributed by atoms with Crippen molar-refractivity contribution in [3.05, 3.63) is 0 Å². The normalized spacial score (nSPS) is 22.8. The first-order valence-corrected chi connectivity index (χ1v) is 7.96. The van der Waals surface area contributed by atoms with Crippen LogP contribution in [0.2, 0.25) is 0 Å². The van der Waals surface area contributed by atoms with Crippen molar-refractivity contribution < 1.29 is 13.2 Å². The molecule has 1 N–H and O–H groups in total. The van der Waals surface area contributed by atoms with Gasteiger partial charge in [-0.05, 0) is 32.6 Å². The van der Waals surface area contributed by atoms with E-state index in [0.29, 0.717) is 13.1 Å². The van der Waals surface area contributed by atoms with Crippen molar-refractivity contribution in [1.82, 2.24) is 9.62 Å². The molecule has 1 heterocycles. The second-order valence-electron chi connectivity index (χ2n) is 4.90. The molecule has 1 saturated heterocycles. The van der Waals surface area contributed by atoms with Gasteiger partial charge < -0.3 is 4.90 Å². The quantitative estimate of drug-likeness (QED) is 0.792. The van der Waals surface area contributed by atoms with E-state index in [2.05, 4.69) is 4.72 Å². The lowest BCUT2D eigenvalue weighted by Gasteiger charge is -2.32. The lowest BCUT2D eigenvalue weighted by Crippen LogP contribution is -2.47. The van der Waals surface area contributed by atoms with Crippen LogP contribution in [0.3, 0.4) is 0 Å². The summed E-state index contributed by atoms with van der Waals surface area (Å²) in [7, 11) is -3.11. The number of hydrogen-bond acceptors (Lipinski definition) is 3. The van der Waals surface area contributed by atoms with Gasteiger partial charge in [0.05, 0.1) is 5.75 Å². The number of piperidine rings is 1. The topological polar surface area (TPSA) is 66.5 Å². The summed E-state index contributed by atoms with van der Waals surface area (Å²) in [5, 5.41) is 0. The minimum Gasteiger partial charge on any atom is -0.342 e. The van der Waals surface area contributed by atoms with Crippen molar-refractivity contribution in [2.24, 2.45) is 5.92 Å². The number of hydrogen-bond donors (Lipinski definition) is 1. The van der Waals surface area contributed by atoms with E-state index in [1.165, 1.54) is 0 Å². The third kappa shape index (κ3) is 3.42. The minimum atomic E-state index is -3.11. The summed E-state index contributed by atoms with van der Waals surface area (Å²) in [6.45, 7) is 3.01. The highest BCUT2D eigenvalue weighted by atomic mass is 32.2. The standard InChI is InChI=1S/C11H20N2O3S/c1-2-17(15,16)12-10-5-7-13(8-6-10)11(14)9-3-4-9/h9-10,12H,2-8H2,1H3. The molecule has 1 aliphatic carbocycles. The van der Waals surface area contributed by atoms with Gasteiger partial charge in [0.25, 0.3) is 0 Å². The molecule has 0 aromatic heterocycles. The maximum atomic E-state index is 11.8.